The summed E-state index contributed by atoms with van der Waals surface area (Å²) in [6.45, 7) is 7.04. The molecule has 0 bridgehead atoms. The van der Waals surface area contributed by atoms with Crippen LogP contribution in [0.5, 0.6) is 5.75 Å². The van der Waals surface area contributed by atoms with Crippen LogP contribution in [0.15, 0.2) is 60.4 Å². The molecule has 1 aliphatic heterocycles. The van der Waals surface area contributed by atoms with E-state index in [1.54, 1.807) is 25.1 Å². The van der Waals surface area contributed by atoms with Gasteiger partial charge in [-0.05, 0) is 62.4 Å². The summed E-state index contributed by atoms with van der Waals surface area (Å²) in [5.41, 5.74) is 2.80. The van der Waals surface area contributed by atoms with E-state index in [0.29, 0.717) is 28.9 Å². The summed E-state index contributed by atoms with van der Waals surface area (Å²) in [6.07, 6.45) is 6.07. The van der Waals surface area contributed by atoms with Crippen LogP contribution in [0.4, 0.5) is 5.69 Å². The van der Waals surface area contributed by atoms with E-state index in [9.17, 15) is 9.59 Å². The fraction of sp³-hybridized carbons (Fsp3) is 0.355. The minimum absolute atomic E-state index is 0.100. The van der Waals surface area contributed by atoms with Crippen molar-refractivity contribution < 1.29 is 23.8 Å². The summed E-state index contributed by atoms with van der Waals surface area (Å²) in [5, 5.41) is 4.88. The van der Waals surface area contributed by atoms with Gasteiger partial charge >= 0.3 is 5.97 Å². The molecule has 11 heteroatoms. The molecule has 1 saturated heterocycles. The first-order valence-corrected chi connectivity index (χ1v) is 14.7. The number of aromatic amines is 1. The number of allylic oxidation sites excluding steroid dienone is 2. The summed E-state index contributed by atoms with van der Waals surface area (Å²) >= 11 is 12.2. The molecule has 0 spiro atoms. The van der Waals surface area contributed by atoms with Crippen LogP contribution in [0.1, 0.15) is 19.0 Å². The monoisotopic (exact) mass is 614 g/mol. The Morgan fingerprint density at radius 1 is 1.07 bits per heavy atom. The molecule has 0 atom stereocenters. The van der Waals surface area contributed by atoms with E-state index in [0.717, 1.165) is 61.4 Å². The number of nitrogens with one attached hydrogen (secondary N) is 2. The van der Waals surface area contributed by atoms with Crippen LogP contribution in [0.2, 0.25) is 10.0 Å². The molecule has 0 unspecified atom stereocenters. The van der Waals surface area contributed by atoms with Gasteiger partial charge < -0.3 is 29.4 Å². The molecule has 0 saturated carbocycles. The zero-order chi connectivity index (χ0) is 29.9. The molecule has 42 heavy (non-hydrogen) atoms. The highest BCUT2D eigenvalue weighted by Crippen LogP contribution is 2.28. The van der Waals surface area contributed by atoms with Crippen LogP contribution >= 0.6 is 23.2 Å². The summed E-state index contributed by atoms with van der Waals surface area (Å²) in [4.78, 5) is 32.1. The molecule has 1 aromatic heterocycles. The highest BCUT2D eigenvalue weighted by atomic mass is 35.5. The van der Waals surface area contributed by atoms with Crippen molar-refractivity contribution >= 4 is 57.7 Å². The van der Waals surface area contributed by atoms with Gasteiger partial charge in [0.05, 0.1) is 23.8 Å². The Morgan fingerprint density at radius 3 is 2.62 bits per heavy atom. The van der Waals surface area contributed by atoms with Crippen LogP contribution in [0.25, 0.3) is 17.0 Å². The number of halogens is 2. The number of nitrogens with zero attached hydrogens (tertiary/aromatic N) is 2. The second kappa shape index (κ2) is 15.5. The summed E-state index contributed by atoms with van der Waals surface area (Å²) in [6, 6.07) is 13.3. The number of H-pyrrole nitrogens is 1. The van der Waals surface area contributed by atoms with Gasteiger partial charge in [0.1, 0.15) is 5.75 Å². The largest absolute Gasteiger partial charge is 0.491 e. The molecule has 0 aliphatic carbocycles. The topological polar surface area (TPSA) is 96.1 Å². The number of anilines is 1. The number of methoxy groups -OCH3 is 1. The standard InChI is InChI=1S/C31H36Cl2N4O5/c1-3-41-30(38)21-42-25-9-5-8-24(19-25)37-15-13-36(14-16-37)12-6-11-34-31(39)29(40-2)10-4-7-23-17-22-18-26(32)27(33)20-28(22)35-23/h4-5,7-10,17-20,35H,3,6,11-16,21H2,1-2H3,(H,34,39). The van der Waals surface area contributed by atoms with Crippen LogP contribution in [0.3, 0.4) is 0 Å². The zero-order valence-electron chi connectivity index (χ0n) is 23.8. The smallest absolute Gasteiger partial charge is 0.344 e. The average molecular weight is 616 g/mol. The lowest BCUT2D eigenvalue weighted by molar-refractivity contribution is -0.145. The lowest BCUT2D eigenvalue weighted by Gasteiger charge is -2.36. The Bertz CT molecular complexity index is 1390. The van der Waals surface area contributed by atoms with Crippen molar-refractivity contribution in [2.75, 3.05) is 64.5 Å². The lowest BCUT2D eigenvalue weighted by Crippen LogP contribution is -2.47. The number of rotatable bonds is 13. The number of aromatic nitrogens is 1. The maximum absolute atomic E-state index is 12.6. The fourth-order valence-corrected chi connectivity index (χ4v) is 4.99. The highest BCUT2D eigenvalue weighted by Gasteiger charge is 2.18. The van der Waals surface area contributed by atoms with E-state index in [2.05, 4.69) is 20.1 Å². The second-order valence-corrected chi connectivity index (χ2v) is 10.5. The summed E-state index contributed by atoms with van der Waals surface area (Å²) in [7, 11) is 1.48. The fourth-order valence-electron chi connectivity index (χ4n) is 4.65. The van der Waals surface area contributed by atoms with Gasteiger partial charge in [0.2, 0.25) is 0 Å². The first kappa shape index (κ1) is 31.3. The molecule has 1 aliphatic rings. The third-order valence-corrected chi connectivity index (χ3v) is 7.53. The van der Waals surface area contributed by atoms with Gasteiger partial charge in [-0.3, -0.25) is 9.69 Å². The average Bonchev–Trinajstić information content (AvgIpc) is 3.38. The molecule has 2 aromatic carbocycles. The number of hydrogen-bond acceptors (Lipinski definition) is 7. The Hall–Kier alpha value is -3.66. The minimum atomic E-state index is -0.377. The van der Waals surface area contributed by atoms with Crippen molar-refractivity contribution in [3.05, 3.63) is 76.1 Å². The van der Waals surface area contributed by atoms with Gasteiger partial charge in [0, 0.05) is 61.1 Å². The molecule has 9 nitrogen and oxygen atoms in total. The summed E-state index contributed by atoms with van der Waals surface area (Å²) < 4.78 is 15.8. The first-order chi connectivity index (χ1) is 20.4. The highest BCUT2D eigenvalue weighted by molar-refractivity contribution is 6.42. The third-order valence-electron chi connectivity index (χ3n) is 6.80. The SMILES string of the molecule is CCOC(=O)COc1cccc(N2CCN(CCCNC(=O)C(=CC=Cc3cc4cc(Cl)c(Cl)cc4[nH]3)OC)CC2)c1. The molecule has 1 amide bonds. The van der Waals surface area contributed by atoms with Crippen molar-refractivity contribution in [1.29, 1.82) is 0 Å². The number of piperazine rings is 1. The molecule has 2 heterocycles. The predicted molar refractivity (Wildman–Crippen MR) is 167 cm³/mol. The normalized spacial score (nSPS) is 14.4. The first-order valence-electron chi connectivity index (χ1n) is 13.9. The molecule has 4 rings (SSSR count). The number of fused-ring (bicyclic) bond motifs is 1. The molecule has 3 aromatic rings. The van der Waals surface area contributed by atoms with E-state index < -0.39 is 0 Å². The van der Waals surface area contributed by atoms with E-state index in [1.807, 2.05) is 42.5 Å². The Kier molecular flexibility index (Phi) is 11.6. The van der Waals surface area contributed by atoms with Gasteiger partial charge in [-0.25, -0.2) is 4.79 Å². The molecule has 2 N–H and O–H groups in total. The van der Waals surface area contributed by atoms with Crippen molar-refractivity contribution in [3.8, 4) is 5.75 Å². The van der Waals surface area contributed by atoms with Crippen LogP contribution in [0, 0.1) is 0 Å². The summed E-state index contributed by atoms with van der Waals surface area (Å²) in [5.74, 6) is 0.244. The van der Waals surface area contributed by atoms with Gasteiger partial charge in [0.25, 0.3) is 5.91 Å². The van der Waals surface area contributed by atoms with Gasteiger partial charge in [-0.2, -0.15) is 0 Å². The van der Waals surface area contributed by atoms with Gasteiger partial charge in [0.15, 0.2) is 12.4 Å². The van der Waals surface area contributed by atoms with Crippen molar-refractivity contribution in [2.45, 2.75) is 13.3 Å². The molecular weight excluding hydrogens is 579 g/mol. The zero-order valence-corrected chi connectivity index (χ0v) is 25.3. The van der Waals surface area contributed by atoms with Crippen molar-refractivity contribution in [2.24, 2.45) is 0 Å². The second-order valence-electron chi connectivity index (χ2n) is 9.70. The van der Waals surface area contributed by atoms with Crippen LogP contribution in [-0.2, 0) is 19.1 Å². The number of carbonyl (C=O) groups is 2. The Labute approximate surface area is 256 Å². The maximum Gasteiger partial charge on any atom is 0.344 e. The van der Waals surface area contributed by atoms with Crippen LogP contribution in [-0.4, -0.2) is 81.4 Å². The maximum atomic E-state index is 12.6. The van der Waals surface area contributed by atoms with Crippen molar-refractivity contribution in [3.63, 3.8) is 0 Å². The number of ether oxygens (including phenoxy) is 3. The number of benzene rings is 2. The van der Waals surface area contributed by atoms with E-state index >= 15 is 0 Å². The molecule has 224 valence electrons. The Balaban J connectivity index is 1.17. The predicted octanol–water partition coefficient (Wildman–Crippen LogP) is 5.29. The molecule has 0 radical (unpaired) electrons. The van der Waals surface area contributed by atoms with E-state index in [1.165, 1.54) is 7.11 Å². The number of hydrogen-bond donors (Lipinski definition) is 2. The number of amides is 1. The molecular formula is C31H36Cl2N4O5. The van der Waals surface area contributed by atoms with Crippen molar-refractivity contribution in [1.82, 2.24) is 15.2 Å². The van der Waals surface area contributed by atoms with Gasteiger partial charge in [-0.1, -0.05) is 35.3 Å². The van der Waals surface area contributed by atoms with Gasteiger partial charge in [-0.15, -0.1) is 0 Å². The van der Waals surface area contributed by atoms with E-state index in [-0.39, 0.29) is 24.2 Å². The minimum Gasteiger partial charge on any atom is -0.491 e. The third kappa shape index (κ3) is 8.92. The van der Waals surface area contributed by atoms with Crippen LogP contribution < -0.4 is 15.0 Å². The quantitative estimate of drug-likeness (QED) is 0.0888. The lowest BCUT2D eigenvalue weighted by atomic mass is 10.2. The number of carbonyl (C=O) groups excluding carboxylic acids is 2. The Morgan fingerprint density at radius 2 is 1.86 bits per heavy atom. The van der Waals surface area contributed by atoms with E-state index in [4.69, 9.17) is 37.4 Å². The number of esters is 1. The molecule has 1 fully saturated rings.